The second-order valence-corrected chi connectivity index (χ2v) is 7.63. The average molecular weight is 335 g/mol. The largest absolute Gasteiger partial charge is 0.478 e. The van der Waals surface area contributed by atoms with Crippen LogP contribution in [0.1, 0.15) is 29.3 Å². The summed E-state index contributed by atoms with van der Waals surface area (Å²) in [6.07, 6.45) is 2.55. The molecular formula is C13H18FNO4S2. The van der Waals surface area contributed by atoms with Gasteiger partial charge in [-0.3, -0.25) is 0 Å². The van der Waals surface area contributed by atoms with Crippen LogP contribution in [0.4, 0.5) is 4.39 Å². The van der Waals surface area contributed by atoms with Crippen LogP contribution < -0.4 is 4.72 Å². The van der Waals surface area contributed by atoms with Gasteiger partial charge in [0.15, 0.2) is 0 Å². The van der Waals surface area contributed by atoms with E-state index in [-0.39, 0.29) is 22.3 Å². The molecule has 0 fully saturated rings. The molecule has 0 radical (unpaired) electrons. The average Bonchev–Trinajstić information content (AvgIpc) is 2.40. The van der Waals surface area contributed by atoms with Crippen molar-refractivity contribution in [1.82, 2.24) is 4.72 Å². The lowest BCUT2D eigenvalue weighted by molar-refractivity contribution is 0.0696. The monoisotopic (exact) mass is 335 g/mol. The van der Waals surface area contributed by atoms with E-state index in [1.54, 1.807) is 11.8 Å². The van der Waals surface area contributed by atoms with Crippen molar-refractivity contribution >= 4 is 27.8 Å². The summed E-state index contributed by atoms with van der Waals surface area (Å²) in [4.78, 5) is 10.6. The highest BCUT2D eigenvalue weighted by Gasteiger charge is 2.21. The zero-order valence-corrected chi connectivity index (χ0v) is 13.6. The Bertz CT molecular complexity index is 631. The molecule has 5 nitrogen and oxygen atoms in total. The third kappa shape index (κ3) is 4.69. The van der Waals surface area contributed by atoms with E-state index in [0.717, 1.165) is 12.1 Å². The third-order valence-electron chi connectivity index (χ3n) is 3.08. The van der Waals surface area contributed by atoms with Crippen LogP contribution in [0.5, 0.6) is 0 Å². The Morgan fingerprint density at radius 2 is 2.10 bits per heavy atom. The van der Waals surface area contributed by atoms with Crippen molar-refractivity contribution in [3.8, 4) is 0 Å². The summed E-state index contributed by atoms with van der Waals surface area (Å²) in [6.45, 7) is 3.48. The molecule has 0 aliphatic heterocycles. The van der Waals surface area contributed by atoms with Gasteiger partial charge < -0.3 is 5.11 Å². The lowest BCUT2D eigenvalue weighted by Gasteiger charge is -2.12. The van der Waals surface area contributed by atoms with Gasteiger partial charge in [0.2, 0.25) is 10.0 Å². The van der Waals surface area contributed by atoms with Gasteiger partial charge in [-0.1, -0.05) is 6.92 Å². The summed E-state index contributed by atoms with van der Waals surface area (Å²) in [7, 11) is -3.94. The zero-order valence-electron chi connectivity index (χ0n) is 12.0. The number of nitrogens with one attached hydrogen (secondary N) is 1. The molecule has 2 N–H and O–H groups in total. The Balaban J connectivity index is 3.05. The Labute approximate surface area is 128 Å². The van der Waals surface area contributed by atoms with E-state index in [1.807, 2.05) is 13.2 Å². The molecule has 1 aromatic rings. The van der Waals surface area contributed by atoms with E-state index in [1.165, 1.54) is 6.92 Å². The van der Waals surface area contributed by atoms with Crippen molar-refractivity contribution in [2.45, 2.75) is 30.4 Å². The number of hydrogen-bond acceptors (Lipinski definition) is 4. The van der Waals surface area contributed by atoms with E-state index in [9.17, 15) is 17.6 Å². The smallest absolute Gasteiger partial charge is 0.335 e. The Morgan fingerprint density at radius 1 is 1.48 bits per heavy atom. The molecule has 0 bridgehead atoms. The molecule has 0 saturated heterocycles. The summed E-state index contributed by atoms with van der Waals surface area (Å²) in [5.74, 6) is -2.23. The molecule has 0 heterocycles. The minimum atomic E-state index is -3.94. The van der Waals surface area contributed by atoms with Crippen LogP contribution in [-0.2, 0) is 10.0 Å². The molecule has 0 aliphatic carbocycles. The molecular weight excluding hydrogens is 317 g/mol. The fourth-order valence-electron chi connectivity index (χ4n) is 1.65. The number of carboxylic acid groups (broad SMARTS) is 1. The molecule has 1 unspecified atom stereocenters. The predicted molar refractivity (Wildman–Crippen MR) is 80.9 cm³/mol. The number of hydrogen-bond donors (Lipinski definition) is 2. The highest BCUT2D eigenvalue weighted by molar-refractivity contribution is 7.99. The molecule has 1 rings (SSSR count). The van der Waals surface area contributed by atoms with E-state index in [0.29, 0.717) is 6.42 Å². The minimum Gasteiger partial charge on any atom is -0.478 e. The predicted octanol–water partition coefficient (Wildman–Crippen LogP) is 2.25. The standard InChI is InChI=1S/C13H18FNO4S2/c1-8(20-3)4-5-15-21(18,19)12-7-10(13(16)17)6-11(14)9(12)2/h6-8,15H,4-5H2,1-3H3,(H,16,17). The van der Waals surface area contributed by atoms with E-state index >= 15 is 0 Å². The van der Waals surface area contributed by atoms with Crippen LogP contribution in [0.15, 0.2) is 17.0 Å². The molecule has 0 aliphatic rings. The van der Waals surface area contributed by atoms with Gasteiger partial charge >= 0.3 is 5.97 Å². The maximum absolute atomic E-state index is 13.7. The van der Waals surface area contributed by atoms with E-state index in [4.69, 9.17) is 5.11 Å². The van der Waals surface area contributed by atoms with Crippen LogP contribution in [0.3, 0.4) is 0 Å². The number of halogens is 1. The number of thioether (sulfide) groups is 1. The fraction of sp³-hybridized carbons (Fsp3) is 0.462. The number of sulfonamides is 1. The second kappa shape index (κ2) is 7.24. The Kier molecular flexibility index (Phi) is 6.18. The van der Waals surface area contributed by atoms with Gasteiger partial charge in [0.25, 0.3) is 0 Å². The number of rotatable bonds is 7. The SMILES string of the molecule is CSC(C)CCNS(=O)(=O)c1cc(C(=O)O)cc(F)c1C. The Hall–Kier alpha value is -1.12. The summed E-state index contributed by atoms with van der Waals surface area (Å²) < 4.78 is 40.4. The van der Waals surface area contributed by atoms with Gasteiger partial charge in [-0.05, 0) is 31.7 Å². The van der Waals surface area contributed by atoms with Gasteiger partial charge in [-0.15, -0.1) is 0 Å². The number of carbonyl (C=O) groups is 1. The first kappa shape index (κ1) is 17.9. The second-order valence-electron chi connectivity index (χ2n) is 4.62. The molecule has 21 heavy (non-hydrogen) atoms. The summed E-state index contributed by atoms with van der Waals surface area (Å²) in [6, 6.07) is 1.79. The van der Waals surface area contributed by atoms with Gasteiger partial charge in [0, 0.05) is 17.4 Å². The van der Waals surface area contributed by atoms with Crippen molar-refractivity contribution in [2.24, 2.45) is 0 Å². The molecule has 0 aromatic heterocycles. The zero-order chi connectivity index (χ0) is 16.2. The molecule has 1 aromatic carbocycles. The maximum atomic E-state index is 13.7. The van der Waals surface area contributed by atoms with Crippen molar-refractivity contribution < 1.29 is 22.7 Å². The van der Waals surface area contributed by atoms with Crippen molar-refractivity contribution in [2.75, 3.05) is 12.8 Å². The number of benzene rings is 1. The maximum Gasteiger partial charge on any atom is 0.335 e. The van der Waals surface area contributed by atoms with Crippen LogP contribution in [-0.4, -0.2) is 37.5 Å². The quantitative estimate of drug-likeness (QED) is 0.798. The molecule has 0 amide bonds. The van der Waals surface area contributed by atoms with Crippen LogP contribution in [0.25, 0.3) is 0 Å². The lowest BCUT2D eigenvalue weighted by atomic mass is 10.1. The molecule has 1 atom stereocenters. The topological polar surface area (TPSA) is 83.5 Å². The van der Waals surface area contributed by atoms with Gasteiger partial charge in [0.05, 0.1) is 10.5 Å². The molecule has 0 saturated carbocycles. The lowest BCUT2D eigenvalue weighted by Crippen LogP contribution is -2.27. The molecule has 118 valence electrons. The number of aromatic carboxylic acids is 1. The Morgan fingerprint density at radius 3 is 2.62 bits per heavy atom. The van der Waals surface area contributed by atoms with Gasteiger partial charge in [-0.2, -0.15) is 11.8 Å². The first-order chi connectivity index (χ1) is 9.69. The summed E-state index contributed by atoms with van der Waals surface area (Å²) in [5.41, 5.74) is -0.485. The van der Waals surface area contributed by atoms with Crippen LogP contribution >= 0.6 is 11.8 Å². The summed E-state index contributed by atoms with van der Waals surface area (Å²) in [5, 5.41) is 9.17. The van der Waals surface area contributed by atoms with Crippen LogP contribution in [0, 0.1) is 12.7 Å². The van der Waals surface area contributed by atoms with Crippen molar-refractivity contribution in [1.29, 1.82) is 0 Å². The minimum absolute atomic E-state index is 0.0922. The van der Waals surface area contributed by atoms with Gasteiger partial charge in [0.1, 0.15) is 5.82 Å². The normalized spacial score (nSPS) is 13.1. The van der Waals surface area contributed by atoms with Gasteiger partial charge in [-0.25, -0.2) is 22.3 Å². The van der Waals surface area contributed by atoms with E-state index in [2.05, 4.69) is 4.72 Å². The first-order valence-electron chi connectivity index (χ1n) is 6.25. The van der Waals surface area contributed by atoms with Crippen molar-refractivity contribution in [3.05, 3.63) is 29.1 Å². The summed E-state index contributed by atoms with van der Waals surface area (Å²) >= 11 is 1.61. The molecule has 0 spiro atoms. The first-order valence-corrected chi connectivity index (χ1v) is 9.02. The van der Waals surface area contributed by atoms with Crippen molar-refractivity contribution in [3.63, 3.8) is 0 Å². The molecule has 8 heteroatoms. The number of carboxylic acids is 1. The highest BCUT2D eigenvalue weighted by atomic mass is 32.2. The van der Waals surface area contributed by atoms with Crippen LogP contribution in [0.2, 0.25) is 0 Å². The highest BCUT2D eigenvalue weighted by Crippen LogP contribution is 2.21. The fourth-order valence-corrected chi connectivity index (χ4v) is 3.33. The van der Waals surface area contributed by atoms with E-state index < -0.39 is 27.4 Å². The third-order valence-corrected chi connectivity index (χ3v) is 5.71.